The lowest BCUT2D eigenvalue weighted by atomic mass is 9.43. The first kappa shape index (κ1) is 17.8. The summed E-state index contributed by atoms with van der Waals surface area (Å²) in [6, 6.07) is 21.6. The van der Waals surface area contributed by atoms with E-state index in [1.807, 2.05) is 11.8 Å². The Balaban J connectivity index is 1.90. The van der Waals surface area contributed by atoms with Gasteiger partial charge in [-0.25, -0.2) is 0 Å². The molecule has 26 heavy (non-hydrogen) atoms. The number of hydrogen-bond acceptors (Lipinski definition) is 3. The van der Waals surface area contributed by atoms with Crippen LogP contribution in [0.4, 0.5) is 0 Å². The Morgan fingerprint density at radius 3 is 1.77 bits per heavy atom. The molecule has 1 spiro atoms. The third-order valence-corrected chi connectivity index (χ3v) is 9.10. The molecule has 0 radical (unpaired) electrons. The highest BCUT2D eigenvalue weighted by Gasteiger charge is 2.78. The number of hydrogen-bond donors (Lipinski definition) is 0. The number of carbonyl (C=O) groups is 1. The van der Waals surface area contributed by atoms with Gasteiger partial charge in [-0.2, -0.15) is 0 Å². The molecule has 2 atom stereocenters. The normalized spacial score (nSPS) is 28.9. The van der Waals surface area contributed by atoms with Gasteiger partial charge < -0.3 is 0 Å². The first-order valence-electron chi connectivity index (χ1n) is 9.29. The maximum atomic E-state index is 13.1. The van der Waals surface area contributed by atoms with E-state index in [1.54, 1.807) is 0 Å². The Labute approximate surface area is 161 Å². The van der Waals surface area contributed by atoms with E-state index in [0.29, 0.717) is 5.78 Å². The molecule has 2 aromatic carbocycles. The van der Waals surface area contributed by atoms with Crippen molar-refractivity contribution in [2.24, 2.45) is 10.8 Å². The fourth-order valence-corrected chi connectivity index (χ4v) is 7.73. The van der Waals surface area contributed by atoms with Crippen molar-refractivity contribution in [2.75, 3.05) is 7.05 Å². The summed E-state index contributed by atoms with van der Waals surface area (Å²) in [5.74, 6) is 0.376. The van der Waals surface area contributed by atoms with Crippen molar-refractivity contribution in [1.29, 1.82) is 0 Å². The van der Waals surface area contributed by atoms with Crippen LogP contribution < -0.4 is 0 Å². The number of ketones is 1. The van der Waals surface area contributed by atoms with Crippen LogP contribution in [0.3, 0.4) is 0 Å². The Morgan fingerprint density at radius 1 is 0.808 bits per heavy atom. The molecule has 1 aliphatic carbocycles. The summed E-state index contributed by atoms with van der Waals surface area (Å²) in [7, 11) is 2.21. The van der Waals surface area contributed by atoms with Gasteiger partial charge in [-0.1, -0.05) is 88.4 Å². The van der Waals surface area contributed by atoms with Crippen LogP contribution in [-0.2, 0) is 4.79 Å². The van der Waals surface area contributed by atoms with Crippen LogP contribution in [-0.4, -0.2) is 22.5 Å². The van der Waals surface area contributed by atoms with E-state index in [2.05, 4.69) is 100 Å². The number of carbonyl (C=O) groups excluding carboxylic acids is 1. The van der Waals surface area contributed by atoms with E-state index < -0.39 is 0 Å². The van der Waals surface area contributed by atoms with Gasteiger partial charge in [0.25, 0.3) is 0 Å². The molecular weight excluding hydrogens is 338 g/mol. The summed E-state index contributed by atoms with van der Waals surface area (Å²) < 4.78 is -0.159. The molecule has 2 aliphatic rings. The van der Waals surface area contributed by atoms with E-state index in [-0.39, 0.29) is 27.0 Å². The third-order valence-electron chi connectivity index (χ3n) is 6.65. The average molecular weight is 366 g/mol. The molecule has 136 valence electrons. The highest BCUT2D eigenvalue weighted by Crippen LogP contribution is 2.77. The van der Waals surface area contributed by atoms with Crippen LogP contribution in [0, 0.1) is 10.8 Å². The van der Waals surface area contributed by atoms with Crippen molar-refractivity contribution >= 4 is 17.5 Å². The van der Waals surface area contributed by atoms with Crippen molar-refractivity contribution in [3.8, 4) is 0 Å². The second kappa shape index (κ2) is 5.71. The maximum Gasteiger partial charge on any atom is 0.147 e. The predicted molar refractivity (Wildman–Crippen MR) is 109 cm³/mol. The first-order valence-corrected chi connectivity index (χ1v) is 10.2. The Morgan fingerprint density at radius 2 is 1.27 bits per heavy atom. The number of nitrogens with zero attached hydrogens (tertiary/aromatic N) is 1. The molecule has 0 aromatic heterocycles. The zero-order valence-electron chi connectivity index (χ0n) is 16.2. The summed E-state index contributed by atoms with van der Waals surface area (Å²) in [5.41, 5.74) is 1.89. The SMILES string of the molecule is CN1[C@H](c2ccccc2)SC2([C@H]1c1ccccc1)C(C)(C)C(=O)C2(C)C. The van der Waals surface area contributed by atoms with Crippen molar-refractivity contribution in [1.82, 2.24) is 4.90 Å². The number of Topliss-reactive ketones (excluding diaryl/α,β-unsaturated/α-hetero) is 1. The topological polar surface area (TPSA) is 20.3 Å². The van der Waals surface area contributed by atoms with E-state index in [4.69, 9.17) is 0 Å². The number of rotatable bonds is 2. The maximum absolute atomic E-state index is 13.1. The van der Waals surface area contributed by atoms with Gasteiger partial charge in [0, 0.05) is 10.8 Å². The third kappa shape index (κ3) is 2.02. The van der Waals surface area contributed by atoms with Crippen LogP contribution >= 0.6 is 11.8 Å². The van der Waals surface area contributed by atoms with Crippen molar-refractivity contribution < 1.29 is 4.79 Å². The largest absolute Gasteiger partial charge is 0.298 e. The quantitative estimate of drug-likeness (QED) is 0.703. The van der Waals surface area contributed by atoms with Gasteiger partial charge in [-0.3, -0.25) is 9.69 Å². The molecule has 2 nitrogen and oxygen atoms in total. The Hall–Kier alpha value is -1.58. The smallest absolute Gasteiger partial charge is 0.147 e. The van der Waals surface area contributed by atoms with Gasteiger partial charge in [0.2, 0.25) is 0 Å². The standard InChI is InChI=1S/C23H27NOS/c1-21(2)20(25)22(3,4)23(21)18(16-12-8-6-9-13-16)24(5)19(26-23)17-14-10-7-11-15-17/h6-15,18-19H,1-5H3/t18-,19+/m1/s1. The molecule has 2 aromatic rings. The minimum absolute atomic E-state index is 0.159. The summed E-state index contributed by atoms with van der Waals surface area (Å²) in [6.07, 6.45) is 0. The Kier molecular flexibility index (Phi) is 3.91. The molecule has 1 saturated carbocycles. The average Bonchev–Trinajstić information content (AvgIpc) is 2.98. The molecule has 0 bridgehead atoms. The van der Waals surface area contributed by atoms with Crippen LogP contribution in [0.2, 0.25) is 0 Å². The summed E-state index contributed by atoms with van der Waals surface area (Å²) in [4.78, 5) is 15.5. The van der Waals surface area contributed by atoms with Crippen molar-refractivity contribution in [3.63, 3.8) is 0 Å². The highest BCUT2D eigenvalue weighted by molar-refractivity contribution is 8.01. The molecule has 0 amide bonds. The predicted octanol–water partition coefficient (Wildman–Crippen LogP) is 5.48. The van der Waals surface area contributed by atoms with Crippen molar-refractivity contribution in [2.45, 2.75) is 43.9 Å². The second-order valence-electron chi connectivity index (χ2n) is 8.67. The van der Waals surface area contributed by atoms with Gasteiger partial charge >= 0.3 is 0 Å². The molecule has 1 aliphatic heterocycles. The minimum Gasteiger partial charge on any atom is -0.298 e. The summed E-state index contributed by atoms with van der Waals surface area (Å²) in [6.45, 7) is 8.57. The lowest BCUT2D eigenvalue weighted by Gasteiger charge is -2.65. The van der Waals surface area contributed by atoms with Gasteiger partial charge in [0.1, 0.15) is 5.78 Å². The second-order valence-corrected chi connectivity index (χ2v) is 10.0. The van der Waals surface area contributed by atoms with E-state index in [0.717, 1.165) is 0 Å². The molecule has 2 fully saturated rings. The lowest BCUT2D eigenvalue weighted by molar-refractivity contribution is -0.164. The molecule has 4 rings (SSSR count). The Bertz CT molecular complexity index is 810. The lowest BCUT2D eigenvalue weighted by Crippen LogP contribution is -2.74. The molecule has 1 saturated heterocycles. The zero-order chi connectivity index (χ0) is 18.7. The monoisotopic (exact) mass is 365 g/mol. The van der Waals surface area contributed by atoms with Crippen molar-refractivity contribution in [3.05, 3.63) is 71.8 Å². The van der Waals surface area contributed by atoms with Crippen LogP contribution in [0.25, 0.3) is 0 Å². The highest BCUT2D eigenvalue weighted by atomic mass is 32.2. The summed E-state index contributed by atoms with van der Waals surface area (Å²) in [5, 5.41) is 0.244. The number of benzene rings is 2. The molecule has 1 heterocycles. The fraction of sp³-hybridized carbons (Fsp3) is 0.435. The minimum atomic E-state index is -0.362. The fourth-order valence-electron chi connectivity index (χ4n) is 5.59. The van der Waals surface area contributed by atoms with Gasteiger partial charge in [-0.05, 0) is 18.2 Å². The van der Waals surface area contributed by atoms with Gasteiger partial charge in [-0.15, -0.1) is 11.8 Å². The van der Waals surface area contributed by atoms with Crippen LogP contribution in [0.1, 0.15) is 50.2 Å². The zero-order valence-corrected chi connectivity index (χ0v) is 17.0. The van der Waals surface area contributed by atoms with Gasteiger partial charge in [0.15, 0.2) is 0 Å². The molecule has 0 N–H and O–H groups in total. The first-order chi connectivity index (χ1) is 12.2. The molecule has 3 heteroatoms. The summed E-state index contributed by atoms with van der Waals surface area (Å²) >= 11 is 1.99. The van der Waals surface area contributed by atoms with E-state index in [1.165, 1.54) is 11.1 Å². The van der Waals surface area contributed by atoms with E-state index in [9.17, 15) is 4.79 Å². The number of thioether (sulfide) groups is 1. The van der Waals surface area contributed by atoms with Crippen LogP contribution in [0.5, 0.6) is 0 Å². The van der Waals surface area contributed by atoms with Crippen LogP contribution in [0.15, 0.2) is 60.7 Å². The molecular formula is C23H27NOS. The van der Waals surface area contributed by atoms with Gasteiger partial charge in [0.05, 0.1) is 16.2 Å². The van der Waals surface area contributed by atoms with E-state index >= 15 is 0 Å². The molecule has 0 unspecified atom stereocenters.